The van der Waals surface area contributed by atoms with Crippen molar-refractivity contribution in [1.82, 2.24) is 15.0 Å². The summed E-state index contributed by atoms with van der Waals surface area (Å²) < 4.78 is 6.74. The fourth-order valence-electron chi connectivity index (χ4n) is 2.45. The molecule has 8 heteroatoms. The maximum atomic E-state index is 12.3. The Morgan fingerprint density at radius 1 is 1.32 bits per heavy atom. The van der Waals surface area contributed by atoms with Gasteiger partial charge < -0.3 is 14.4 Å². The van der Waals surface area contributed by atoms with Crippen molar-refractivity contribution in [2.24, 2.45) is 7.05 Å². The van der Waals surface area contributed by atoms with Crippen LogP contribution in [0, 0.1) is 10.1 Å². The topological polar surface area (TPSA) is 103 Å². The van der Waals surface area contributed by atoms with Gasteiger partial charge in [-0.1, -0.05) is 35.5 Å². The van der Waals surface area contributed by atoms with E-state index in [2.05, 4.69) is 10.5 Å². The number of carbonyl (C=O) groups excluding carboxylic acids is 1. The molecule has 8 nitrogen and oxygen atoms in total. The zero-order valence-electron chi connectivity index (χ0n) is 13.7. The molecule has 3 aromatic rings. The molecule has 0 fully saturated rings. The molecule has 2 heterocycles. The molecule has 0 saturated carbocycles. The minimum atomic E-state index is -0.538. The Morgan fingerprint density at radius 2 is 2.04 bits per heavy atom. The van der Waals surface area contributed by atoms with Gasteiger partial charge in [0.2, 0.25) is 0 Å². The van der Waals surface area contributed by atoms with Gasteiger partial charge >= 0.3 is 0 Å². The van der Waals surface area contributed by atoms with Gasteiger partial charge in [0.05, 0.1) is 17.2 Å². The lowest BCUT2D eigenvalue weighted by atomic mass is 10.1. The Labute approximate surface area is 143 Å². The van der Waals surface area contributed by atoms with Gasteiger partial charge in [-0.2, -0.15) is 0 Å². The minimum absolute atomic E-state index is 0.131. The summed E-state index contributed by atoms with van der Waals surface area (Å²) in [6.07, 6.45) is 1.29. The lowest BCUT2D eigenvalue weighted by molar-refractivity contribution is -0.384. The highest BCUT2D eigenvalue weighted by atomic mass is 16.6. The van der Waals surface area contributed by atoms with Crippen molar-refractivity contribution >= 4 is 11.6 Å². The molecule has 1 N–H and O–H groups in total. The molecule has 3 rings (SSSR count). The van der Waals surface area contributed by atoms with E-state index in [1.54, 1.807) is 20.0 Å². The van der Waals surface area contributed by atoms with Crippen LogP contribution in [0.2, 0.25) is 0 Å². The van der Waals surface area contributed by atoms with Crippen LogP contribution in [-0.4, -0.2) is 20.6 Å². The van der Waals surface area contributed by atoms with Gasteiger partial charge in [0.25, 0.3) is 11.6 Å². The largest absolute Gasteiger partial charge is 0.356 e. The number of carbonyl (C=O) groups is 1. The average Bonchev–Trinajstić information content (AvgIpc) is 3.22. The fourth-order valence-corrected chi connectivity index (χ4v) is 2.45. The third-order valence-corrected chi connectivity index (χ3v) is 3.81. The monoisotopic (exact) mass is 340 g/mol. The van der Waals surface area contributed by atoms with E-state index in [1.165, 1.54) is 16.8 Å². The summed E-state index contributed by atoms with van der Waals surface area (Å²) in [7, 11) is 1.58. The summed E-state index contributed by atoms with van der Waals surface area (Å²) in [5.74, 6) is 0.179. The number of aromatic nitrogens is 2. The summed E-state index contributed by atoms with van der Waals surface area (Å²) >= 11 is 0. The van der Waals surface area contributed by atoms with Gasteiger partial charge in [0, 0.05) is 24.7 Å². The number of hydrogen-bond acceptors (Lipinski definition) is 5. The highest BCUT2D eigenvalue weighted by Gasteiger charge is 2.21. The first-order valence-corrected chi connectivity index (χ1v) is 7.59. The molecule has 0 bridgehead atoms. The number of nitrogens with one attached hydrogen (secondary N) is 1. The van der Waals surface area contributed by atoms with E-state index >= 15 is 0 Å². The Balaban J connectivity index is 1.74. The van der Waals surface area contributed by atoms with E-state index in [9.17, 15) is 14.9 Å². The molecule has 1 atom stereocenters. The van der Waals surface area contributed by atoms with Crippen LogP contribution in [0.5, 0.6) is 0 Å². The highest BCUT2D eigenvalue weighted by molar-refractivity contribution is 5.93. The van der Waals surface area contributed by atoms with Crippen LogP contribution in [0.4, 0.5) is 5.69 Å². The van der Waals surface area contributed by atoms with Crippen molar-refractivity contribution in [2.45, 2.75) is 13.0 Å². The molecule has 25 heavy (non-hydrogen) atoms. The van der Waals surface area contributed by atoms with E-state index in [0.717, 1.165) is 5.56 Å². The standard InChI is InChI=1S/C17H16N4O4/c1-11(14-9-16(25-19-14)12-6-4-3-5-7-12)18-17(22)15-8-13(21(23)24)10-20(15)2/h3-11H,1-2H3,(H,18,22). The molecule has 1 amide bonds. The van der Waals surface area contributed by atoms with Gasteiger partial charge in [0.15, 0.2) is 5.76 Å². The molecule has 0 aliphatic heterocycles. The number of benzene rings is 1. The molecule has 0 aliphatic carbocycles. The van der Waals surface area contributed by atoms with Gasteiger partial charge in [-0.25, -0.2) is 0 Å². The van der Waals surface area contributed by atoms with E-state index in [1.807, 2.05) is 30.3 Å². The van der Waals surface area contributed by atoms with E-state index in [4.69, 9.17) is 4.52 Å². The quantitative estimate of drug-likeness (QED) is 0.568. The van der Waals surface area contributed by atoms with Gasteiger partial charge in [-0.3, -0.25) is 14.9 Å². The zero-order chi connectivity index (χ0) is 18.0. The summed E-state index contributed by atoms with van der Waals surface area (Å²) in [5, 5.41) is 17.6. The molecule has 2 aromatic heterocycles. The Bertz CT molecular complexity index is 914. The van der Waals surface area contributed by atoms with Crippen LogP contribution in [0.1, 0.15) is 29.1 Å². The first-order valence-electron chi connectivity index (χ1n) is 7.59. The molecular weight excluding hydrogens is 324 g/mol. The molecule has 1 aromatic carbocycles. The molecule has 0 aliphatic rings. The van der Waals surface area contributed by atoms with Crippen LogP contribution >= 0.6 is 0 Å². The summed E-state index contributed by atoms with van der Waals surface area (Å²) in [6.45, 7) is 1.77. The molecular formula is C17H16N4O4. The third-order valence-electron chi connectivity index (χ3n) is 3.81. The second-order valence-corrected chi connectivity index (χ2v) is 5.63. The number of nitrogens with zero attached hydrogens (tertiary/aromatic N) is 3. The third kappa shape index (κ3) is 3.42. The van der Waals surface area contributed by atoms with E-state index in [-0.39, 0.29) is 11.4 Å². The number of aryl methyl sites for hydroxylation is 1. The SMILES string of the molecule is CC(NC(=O)c1cc([N+](=O)[O-])cn1C)c1cc(-c2ccccc2)on1. The van der Waals surface area contributed by atoms with E-state index < -0.39 is 16.9 Å². The molecule has 1 unspecified atom stereocenters. The number of amides is 1. The van der Waals surface area contributed by atoms with E-state index in [0.29, 0.717) is 11.5 Å². The van der Waals surface area contributed by atoms with Crippen LogP contribution < -0.4 is 5.32 Å². The van der Waals surface area contributed by atoms with Crippen molar-refractivity contribution in [2.75, 3.05) is 0 Å². The normalized spacial score (nSPS) is 11.9. The van der Waals surface area contributed by atoms with Crippen molar-refractivity contribution in [3.05, 3.63) is 70.2 Å². The fraction of sp³-hybridized carbons (Fsp3) is 0.176. The zero-order valence-corrected chi connectivity index (χ0v) is 13.7. The van der Waals surface area contributed by atoms with Crippen LogP contribution in [0.3, 0.4) is 0 Å². The maximum absolute atomic E-state index is 12.3. The summed E-state index contributed by atoms with van der Waals surface area (Å²) in [4.78, 5) is 22.6. The summed E-state index contributed by atoms with van der Waals surface area (Å²) in [5.41, 5.74) is 1.52. The molecule has 0 saturated heterocycles. The average molecular weight is 340 g/mol. The second-order valence-electron chi connectivity index (χ2n) is 5.63. The predicted molar refractivity (Wildman–Crippen MR) is 89.9 cm³/mol. The molecule has 0 radical (unpaired) electrons. The van der Waals surface area contributed by atoms with Crippen molar-refractivity contribution < 1.29 is 14.2 Å². The molecule has 0 spiro atoms. The van der Waals surface area contributed by atoms with Crippen LogP contribution in [0.15, 0.2) is 53.2 Å². The summed E-state index contributed by atoms with van der Waals surface area (Å²) in [6, 6.07) is 12.1. The van der Waals surface area contributed by atoms with Crippen molar-refractivity contribution in [1.29, 1.82) is 0 Å². The van der Waals surface area contributed by atoms with Gasteiger partial charge in [0.1, 0.15) is 11.4 Å². The van der Waals surface area contributed by atoms with Gasteiger partial charge in [-0.05, 0) is 6.92 Å². The lowest BCUT2D eigenvalue weighted by Gasteiger charge is -2.10. The number of rotatable bonds is 5. The first kappa shape index (κ1) is 16.4. The molecule has 128 valence electrons. The van der Waals surface area contributed by atoms with Gasteiger partial charge in [-0.15, -0.1) is 0 Å². The lowest BCUT2D eigenvalue weighted by Crippen LogP contribution is -2.28. The second kappa shape index (κ2) is 6.60. The Hall–Kier alpha value is -3.42. The Morgan fingerprint density at radius 3 is 2.68 bits per heavy atom. The minimum Gasteiger partial charge on any atom is -0.356 e. The number of hydrogen-bond donors (Lipinski definition) is 1. The van der Waals surface area contributed by atoms with Crippen molar-refractivity contribution in [3.8, 4) is 11.3 Å². The smallest absolute Gasteiger partial charge is 0.287 e. The number of nitro groups is 1. The Kier molecular flexibility index (Phi) is 4.34. The van der Waals surface area contributed by atoms with Crippen molar-refractivity contribution in [3.63, 3.8) is 0 Å². The maximum Gasteiger partial charge on any atom is 0.287 e. The highest BCUT2D eigenvalue weighted by Crippen LogP contribution is 2.23. The predicted octanol–water partition coefficient (Wildman–Crippen LogP) is 3.08. The van der Waals surface area contributed by atoms with Crippen LogP contribution in [-0.2, 0) is 7.05 Å². The van der Waals surface area contributed by atoms with Crippen LogP contribution in [0.25, 0.3) is 11.3 Å². The first-order chi connectivity index (χ1) is 12.0.